The molecule has 3 aromatic carbocycles. The third-order valence-electron chi connectivity index (χ3n) is 7.31. The number of amides is 1. The number of thiazole rings is 1. The van der Waals surface area contributed by atoms with Crippen LogP contribution >= 0.6 is 23.1 Å². The van der Waals surface area contributed by atoms with E-state index in [0.29, 0.717) is 26.4 Å². The summed E-state index contributed by atoms with van der Waals surface area (Å²) in [5.41, 5.74) is 3.13. The lowest BCUT2D eigenvalue weighted by Gasteiger charge is -2.26. The van der Waals surface area contributed by atoms with Gasteiger partial charge in [0, 0.05) is 10.5 Å². The van der Waals surface area contributed by atoms with E-state index < -0.39 is 17.9 Å². The lowest BCUT2D eigenvalue weighted by molar-refractivity contribution is -0.138. The topological polar surface area (TPSA) is 93.3 Å². The third-order valence-corrected chi connectivity index (χ3v) is 9.05. The Labute approximate surface area is 256 Å². The summed E-state index contributed by atoms with van der Waals surface area (Å²) in [5.74, 6) is -1.49. The number of rotatable bonds is 7. The van der Waals surface area contributed by atoms with E-state index in [2.05, 4.69) is 5.10 Å². The van der Waals surface area contributed by atoms with Crippen LogP contribution in [-0.4, -0.2) is 35.0 Å². The van der Waals surface area contributed by atoms with Crippen LogP contribution in [0.1, 0.15) is 31.0 Å². The molecule has 0 saturated heterocycles. The fourth-order valence-electron chi connectivity index (χ4n) is 5.23. The summed E-state index contributed by atoms with van der Waals surface area (Å²) in [6.07, 6.45) is 3.65. The standard InChI is InChI=1S/C33H28N4O4S2/c1-4-41-32(40)27-28(21-11-7-5-8-12-21)34-33-36(29(27)22-15-17-24(42-3)18-16-22)31(39)26(43-33)19-25-20(2)35-37(30(25)38)23-13-9-6-10-14-23/h5-19,25,29H,4H2,1-3H3/b26-19+/t25-,29-/m1/s1. The summed E-state index contributed by atoms with van der Waals surface area (Å²) in [5, 5.41) is 5.86. The van der Waals surface area contributed by atoms with Crippen molar-refractivity contribution in [1.29, 1.82) is 0 Å². The van der Waals surface area contributed by atoms with Gasteiger partial charge in [-0.05, 0) is 56.0 Å². The Morgan fingerprint density at radius 3 is 2.33 bits per heavy atom. The molecule has 2 atom stereocenters. The molecule has 0 unspecified atom stereocenters. The first-order valence-electron chi connectivity index (χ1n) is 13.8. The Bertz CT molecular complexity index is 1950. The molecule has 10 heteroatoms. The molecular formula is C33H28N4O4S2. The Hall–Kier alpha value is -4.54. The molecule has 43 heavy (non-hydrogen) atoms. The number of benzene rings is 3. The third kappa shape index (κ3) is 5.28. The van der Waals surface area contributed by atoms with Crippen molar-refractivity contribution >= 4 is 58.1 Å². The van der Waals surface area contributed by atoms with Crippen molar-refractivity contribution in [3.63, 3.8) is 0 Å². The summed E-state index contributed by atoms with van der Waals surface area (Å²) >= 11 is 2.80. The number of esters is 1. The number of carbonyl (C=O) groups is 2. The van der Waals surface area contributed by atoms with E-state index >= 15 is 0 Å². The highest BCUT2D eigenvalue weighted by Gasteiger charge is 2.36. The first-order valence-corrected chi connectivity index (χ1v) is 15.8. The van der Waals surface area contributed by atoms with Crippen molar-refractivity contribution in [2.24, 2.45) is 16.0 Å². The van der Waals surface area contributed by atoms with Crippen molar-refractivity contribution in [1.82, 2.24) is 4.57 Å². The van der Waals surface area contributed by atoms with Gasteiger partial charge in [0.15, 0.2) is 4.80 Å². The second-order valence-corrected chi connectivity index (χ2v) is 11.8. The predicted molar refractivity (Wildman–Crippen MR) is 171 cm³/mol. The summed E-state index contributed by atoms with van der Waals surface area (Å²) < 4.78 is 7.43. The lowest BCUT2D eigenvalue weighted by Crippen LogP contribution is -2.40. The predicted octanol–water partition coefficient (Wildman–Crippen LogP) is 4.65. The van der Waals surface area contributed by atoms with E-state index in [9.17, 15) is 14.4 Å². The number of hydrogen-bond donors (Lipinski definition) is 0. The van der Waals surface area contributed by atoms with E-state index in [0.717, 1.165) is 16.0 Å². The number of anilines is 1. The molecule has 216 valence electrons. The first-order chi connectivity index (χ1) is 20.9. The molecule has 2 aliphatic rings. The SMILES string of the molecule is CCOC(=O)C1=C(c2ccccc2)N=c2s/c(=C/[C@H]3C(=O)N(c4ccccc4)N=C3C)c(=O)n2[C@@H]1c1ccc(SC)cc1. The fraction of sp³-hybridized carbons (Fsp3) is 0.182. The Morgan fingerprint density at radius 2 is 1.67 bits per heavy atom. The van der Waals surface area contributed by atoms with Gasteiger partial charge in [0.2, 0.25) is 0 Å². The van der Waals surface area contributed by atoms with Gasteiger partial charge in [0.05, 0.1) is 39.9 Å². The number of para-hydroxylation sites is 1. The van der Waals surface area contributed by atoms with Gasteiger partial charge in [-0.15, -0.1) is 11.8 Å². The van der Waals surface area contributed by atoms with Crippen molar-refractivity contribution in [3.05, 3.63) is 121 Å². The van der Waals surface area contributed by atoms with E-state index in [1.54, 1.807) is 36.3 Å². The molecule has 8 nitrogen and oxygen atoms in total. The first kappa shape index (κ1) is 28.6. The molecule has 2 aliphatic heterocycles. The zero-order valence-electron chi connectivity index (χ0n) is 23.8. The molecular weight excluding hydrogens is 581 g/mol. The van der Waals surface area contributed by atoms with E-state index in [1.165, 1.54) is 16.3 Å². The molecule has 0 aliphatic carbocycles. The van der Waals surface area contributed by atoms with Crippen LogP contribution in [-0.2, 0) is 14.3 Å². The average molecular weight is 609 g/mol. The lowest BCUT2D eigenvalue weighted by atomic mass is 9.93. The largest absolute Gasteiger partial charge is 0.463 e. The van der Waals surface area contributed by atoms with Crippen LogP contribution in [0.15, 0.2) is 110 Å². The highest BCUT2D eigenvalue weighted by Crippen LogP contribution is 2.35. The number of carbonyl (C=O) groups excluding carboxylic acids is 2. The van der Waals surface area contributed by atoms with Crippen molar-refractivity contribution in [2.45, 2.75) is 24.8 Å². The molecule has 0 spiro atoms. The van der Waals surface area contributed by atoms with E-state index in [-0.39, 0.29) is 23.6 Å². The van der Waals surface area contributed by atoms with Gasteiger partial charge in [0.25, 0.3) is 11.5 Å². The molecule has 1 aromatic heterocycles. The maximum atomic E-state index is 14.2. The van der Waals surface area contributed by atoms with Gasteiger partial charge in [-0.25, -0.2) is 9.79 Å². The van der Waals surface area contributed by atoms with Crippen LogP contribution in [0.3, 0.4) is 0 Å². The van der Waals surface area contributed by atoms with Gasteiger partial charge in [0.1, 0.15) is 5.92 Å². The summed E-state index contributed by atoms with van der Waals surface area (Å²) in [6.45, 7) is 3.70. The van der Waals surface area contributed by atoms with Crippen LogP contribution < -0.4 is 19.9 Å². The molecule has 3 heterocycles. The minimum absolute atomic E-state index is 0.174. The number of fused-ring (bicyclic) bond motifs is 1. The average Bonchev–Trinajstić information content (AvgIpc) is 3.51. The zero-order valence-corrected chi connectivity index (χ0v) is 25.4. The Balaban J connectivity index is 1.55. The summed E-state index contributed by atoms with van der Waals surface area (Å²) in [6, 6.07) is 25.6. The van der Waals surface area contributed by atoms with Gasteiger partial charge in [-0.3, -0.25) is 14.2 Å². The Kier molecular flexibility index (Phi) is 7.96. The second kappa shape index (κ2) is 12.0. The zero-order chi connectivity index (χ0) is 30.1. The number of ether oxygens (including phenoxy) is 1. The number of thioether (sulfide) groups is 1. The molecule has 1 amide bonds. The second-order valence-electron chi connectivity index (χ2n) is 9.93. The summed E-state index contributed by atoms with van der Waals surface area (Å²) in [4.78, 5) is 47.6. The van der Waals surface area contributed by atoms with Crippen LogP contribution in [0.25, 0.3) is 11.8 Å². The number of hydrazone groups is 1. The van der Waals surface area contributed by atoms with Gasteiger partial charge in [-0.2, -0.15) is 10.1 Å². The molecule has 0 N–H and O–H groups in total. The summed E-state index contributed by atoms with van der Waals surface area (Å²) in [7, 11) is 0. The van der Waals surface area contributed by atoms with Crippen LogP contribution in [0.4, 0.5) is 5.69 Å². The molecule has 0 fully saturated rings. The normalized spacial score (nSPS) is 18.4. The number of nitrogens with zero attached hydrogens (tertiary/aromatic N) is 4. The van der Waals surface area contributed by atoms with Crippen LogP contribution in [0.5, 0.6) is 0 Å². The molecule has 0 saturated carbocycles. The highest BCUT2D eigenvalue weighted by molar-refractivity contribution is 7.98. The minimum Gasteiger partial charge on any atom is -0.463 e. The minimum atomic E-state index is -0.779. The van der Waals surface area contributed by atoms with Gasteiger partial charge >= 0.3 is 5.97 Å². The van der Waals surface area contributed by atoms with Crippen molar-refractivity contribution in [2.75, 3.05) is 17.9 Å². The smallest absolute Gasteiger partial charge is 0.338 e. The van der Waals surface area contributed by atoms with Crippen molar-refractivity contribution < 1.29 is 14.3 Å². The maximum Gasteiger partial charge on any atom is 0.338 e. The van der Waals surface area contributed by atoms with Gasteiger partial charge in [-0.1, -0.05) is 72.0 Å². The maximum absolute atomic E-state index is 14.2. The van der Waals surface area contributed by atoms with Gasteiger partial charge < -0.3 is 4.74 Å². The molecule has 0 bridgehead atoms. The highest BCUT2D eigenvalue weighted by atomic mass is 32.2. The molecule has 6 rings (SSSR count). The van der Waals surface area contributed by atoms with Crippen molar-refractivity contribution in [3.8, 4) is 0 Å². The Morgan fingerprint density at radius 1 is 1.00 bits per heavy atom. The van der Waals surface area contributed by atoms with E-state index in [1.807, 2.05) is 91.2 Å². The monoisotopic (exact) mass is 608 g/mol. The number of aromatic nitrogens is 1. The van der Waals surface area contributed by atoms with Crippen LogP contribution in [0.2, 0.25) is 0 Å². The molecule has 0 radical (unpaired) electrons. The van der Waals surface area contributed by atoms with Crippen LogP contribution in [0, 0.1) is 5.92 Å². The number of hydrogen-bond acceptors (Lipinski definition) is 8. The van der Waals surface area contributed by atoms with E-state index in [4.69, 9.17) is 9.73 Å². The fourth-order valence-corrected chi connectivity index (χ4v) is 6.65. The molecule has 4 aromatic rings. The quantitative estimate of drug-likeness (QED) is 0.225.